The fraction of sp³-hybridized carbons (Fsp3) is 0.278. The number of thioether (sulfide) groups is 1. The van der Waals surface area contributed by atoms with Gasteiger partial charge in [0.05, 0.1) is 34.9 Å². The lowest BCUT2D eigenvalue weighted by Gasteiger charge is -2.33. The summed E-state index contributed by atoms with van der Waals surface area (Å²) in [5.74, 6) is 0.515. The third-order valence-electron chi connectivity index (χ3n) is 7.42. The Hall–Kier alpha value is -3.16. The Kier molecular flexibility index (Phi) is 11.7. The van der Waals surface area contributed by atoms with Crippen molar-refractivity contribution in [3.05, 3.63) is 95.1 Å². The molecule has 2 aliphatic rings. The van der Waals surface area contributed by atoms with Crippen LogP contribution in [0, 0.1) is 20.8 Å². The second-order valence-electron chi connectivity index (χ2n) is 11.1. The third kappa shape index (κ3) is 8.34. The van der Waals surface area contributed by atoms with Gasteiger partial charge in [0.15, 0.2) is 0 Å². The van der Waals surface area contributed by atoms with Gasteiger partial charge in [0.1, 0.15) is 17.5 Å². The van der Waals surface area contributed by atoms with Crippen LogP contribution in [0.15, 0.2) is 92.4 Å². The van der Waals surface area contributed by atoms with Gasteiger partial charge < -0.3 is 14.4 Å². The number of aryl methyl sites for hydroxylation is 3. The van der Waals surface area contributed by atoms with Gasteiger partial charge in [-0.3, -0.25) is 9.69 Å². The molecule has 4 aromatic rings. The number of carbonyl (C=O) groups is 1. The fourth-order valence-corrected chi connectivity index (χ4v) is 8.77. The lowest BCUT2D eigenvalue weighted by atomic mass is 10.1. The number of alkyl halides is 3. The second kappa shape index (κ2) is 15.6. The van der Waals surface area contributed by atoms with E-state index in [-0.39, 0.29) is 19.8 Å². The number of benzene rings is 4. The van der Waals surface area contributed by atoms with Gasteiger partial charge in [0, 0.05) is 26.7 Å². The lowest BCUT2D eigenvalue weighted by Crippen LogP contribution is -2.29. The van der Waals surface area contributed by atoms with E-state index in [9.17, 15) is 18.0 Å². The third-order valence-corrected chi connectivity index (χ3v) is 10.9. The van der Waals surface area contributed by atoms with Crippen LogP contribution in [-0.2, 0) is 20.4 Å². The topological polar surface area (TPSA) is 42.0 Å². The van der Waals surface area contributed by atoms with Crippen LogP contribution in [0.1, 0.15) is 29.2 Å². The van der Waals surface area contributed by atoms with Gasteiger partial charge in [-0.2, -0.15) is 13.2 Å². The summed E-state index contributed by atoms with van der Waals surface area (Å²) in [6.07, 6.45) is -4.42. The first-order valence-electron chi connectivity index (χ1n) is 15.2. The number of hydrogen-bond donors (Lipinski definition) is 0. The van der Waals surface area contributed by atoms with Crippen LogP contribution in [0.4, 0.5) is 35.9 Å². The quantitative estimate of drug-likeness (QED) is 0.110. The molecule has 0 unspecified atom stereocenters. The minimum atomic E-state index is -4.42. The molecule has 0 atom stereocenters. The van der Waals surface area contributed by atoms with Gasteiger partial charge in [0.25, 0.3) is 0 Å². The molecular formula is C36H35F3N2O3S4. The summed E-state index contributed by atoms with van der Waals surface area (Å²) in [7, 11) is 1.50. The van der Waals surface area contributed by atoms with E-state index in [1.165, 1.54) is 57.2 Å². The first kappa shape index (κ1) is 36.1. The molecule has 0 saturated heterocycles. The standard InChI is InChI=1S/C19H18F3NO3S.C17H17NS3/c1-12-3-5-14-16(9-12)27-17-10-13(19(20,21)22)4-6-15(17)23(14)11-18(24)26-8-7-25-2;1-4-20-17(19)18-13-7-5-11(2)9-15(13)21-16-10-12(3)6-8-14(16)18/h3-6,9-10H,7-8,11H2,1-2H3;5-10H,4H2,1-3H3. The maximum atomic E-state index is 13.1. The van der Waals surface area contributed by atoms with Crippen molar-refractivity contribution < 1.29 is 27.4 Å². The van der Waals surface area contributed by atoms with E-state index in [0.717, 1.165) is 38.4 Å². The van der Waals surface area contributed by atoms with Gasteiger partial charge in [0.2, 0.25) is 0 Å². The van der Waals surface area contributed by atoms with Gasteiger partial charge in [-0.05, 0) is 97.8 Å². The van der Waals surface area contributed by atoms with E-state index in [0.29, 0.717) is 10.6 Å². The molecule has 0 fully saturated rings. The van der Waals surface area contributed by atoms with Crippen LogP contribution in [-0.4, -0.2) is 42.9 Å². The first-order valence-corrected chi connectivity index (χ1v) is 18.2. The SMILES string of the molecule is CCSC(=S)N1c2ccc(C)cc2Sc2cc(C)ccc21.COCCOC(=O)CN1c2ccc(C)cc2Sc2cc(C(F)(F)F)ccc21. The van der Waals surface area contributed by atoms with Crippen LogP contribution >= 0.6 is 47.5 Å². The van der Waals surface area contributed by atoms with Crippen molar-refractivity contribution in [3.8, 4) is 0 Å². The van der Waals surface area contributed by atoms with Crippen molar-refractivity contribution in [2.75, 3.05) is 42.4 Å². The van der Waals surface area contributed by atoms with Crippen LogP contribution in [0.3, 0.4) is 0 Å². The average Bonchev–Trinajstić information content (AvgIpc) is 3.03. The fourth-order valence-electron chi connectivity index (χ4n) is 5.16. The number of esters is 1. The first-order chi connectivity index (χ1) is 22.9. The van der Waals surface area contributed by atoms with Crippen molar-refractivity contribution in [2.24, 2.45) is 0 Å². The highest BCUT2D eigenvalue weighted by Gasteiger charge is 2.34. The molecular weight excluding hydrogens is 694 g/mol. The maximum absolute atomic E-state index is 13.1. The zero-order valence-corrected chi connectivity index (χ0v) is 30.4. The molecule has 0 radical (unpaired) electrons. The molecule has 5 nitrogen and oxygen atoms in total. The van der Waals surface area contributed by atoms with Crippen molar-refractivity contribution in [3.63, 3.8) is 0 Å². The Bertz CT molecular complexity index is 1780. The van der Waals surface area contributed by atoms with Gasteiger partial charge in [-0.25, -0.2) is 0 Å². The summed E-state index contributed by atoms with van der Waals surface area (Å²) >= 11 is 10.5. The predicted octanol–water partition coefficient (Wildman–Crippen LogP) is 10.8. The number of rotatable bonds is 6. The summed E-state index contributed by atoms with van der Waals surface area (Å²) in [6, 6.07) is 22.4. The zero-order chi connectivity index (χ0) is 34.6. The summed E-state index contributed by atoms with van der Waals surface area (Å²) in [5, 5.41) is 0. The van der Waals surface area contributed by atoms with Gasteiger partial charge in [-0.15, -0.1) is 0 Å². The normalized spacial score (nSPS) is 13.0. The van der Waals surface area contributed by atoms with Gasteiger partial charge in [-0.1, -0.05) is 72.6 Å². The number of methoxy groups -OCH3 is 1. The number of ether oxygens (including phenoxy) is 2. The molecule has 12 heteroatoms. The number of fused-ring (bicyclic) bond motifs is 4. The summed E-state index contributed by atoms with van der Waals surface area (Å²) in [6.45, 7) is 8.62. The Labute approximate surface area is 297 Å². The Morgan fingerprint density at radius 2 is 1.25 bits per heavy atom. The molecule has 252 valence electrons. The molecule has 4 aromatic carbocycles. The van der Waals surface area contributed by atoms with E-state index in [1.54, 1.807) is 16.7 Å². The highest BCUT2D eigenvalue weighted by atomic mass is 32.2. The van der Waals surface area contributed by atoms with Crippen molar-refractivity contribution in [1.82, 2.24) is 0 Å². The lowest BCUT2D eigenvalue weighted by molar-refractivity contribution is -0.143. The highest BCUT2D eigenvalue weighted by Crippen LogP contribution is 2.51. The maximum Gasteiger partial charge on any atom is 0.416 e. The second-order valence-corrected chi connectivity index (χ2v) is 15.2. The predicted molar refractivity (Wildman–Crippen MR) is 196 cm³/mol. The summed E-state index contributed by atoms with van der Waals surface area (Å²) in [4.78, 5) is 19.9. The minimum absolute atomic E-state index is 0.0985. The molecule has 0 spiro atoms. The van der Waals surface area contributed by atoms with E-state index in [4.69, 9.17) is 21.7 Å². The Morgan fingerprint density at radius 3 is 1.75 bits per heavy atom. The Morgan fingerprint density at radius 1 is 0.771 bits per heavy atom. The zero-order valence-electron chi connectivity index (χ0n) is 27.1. The molecule has 0 bridgehead atoms. The van der Waals surface area contributed by atoms with Crippen molar-refractivity contribution in [1.29, 1.82) is 0 Å². The summed E-state index contributed by atoms with van der Waals surface area (Å²) in [5.41, 5.74) is 6.56. The monoisotopic (exact) mass is 728 g/mol. The molecule has 0 saturated carbocycles. The number of anilines is 4. The number of carbonyl (C=O) groups excluding carboxylic acids is 1. The smallest absolute Gasteiger partial charge is 0.416 e. The molecule has 2 aliphatic heterocycles. The molecule has 48 heavy (non-hydrogen) atoms. The summed E-state index contributed by atoms with van der Waals surface area (Å²) < 4.78 is 50.2. The molecule has 6 rings (SSSR count). The van der Waals surface area contributed by atoms with Crippen LogP contribution in [0.25, 0.3) is 0 Å². The van der Waals surface area contributed by atoms with Crippen LogP contribution in [0.5, 0.6) is 0 Å². The Balaban J connectivity index is 0.000000194. The number of nitrogens with zero attached hydrogens (tertiary/aromatic N) is 2. The minimum Gasteiger partial charge on any atom is -0.462 e. The average molecular weight is 729 g/mol. The van der Waals surface area contributed by atoms with E-state index >= 15 is 0 Å². The van der Waals surface area contributed by atoms with E-state index in [2.05, 4.69) is 62.1 Å². The van der Waals surface area contributed by atoms with E-state index < -0.39 is 17.7 Å². The molecule has 2 heterocycles. The molecule has 0 aromatic heterocycles. The molecule has 0 amide bonds. The number of thiocarbonyl (C=S) groups is 1. The van der Waals surface area contributed by atoms with E-state index in [1.807, 2.05) is 36.9 Å². The van der Waals surface area contributed by atoms with Crippen LogP contribution in [0.2, 0.25) is 0 Å². The van der Waals surface area contributed by atoms with Crippen molar-refractivity contribution in [2.45, 2.75) is 53.5 Å². The van der Waals surface area contributed by atoms with Crippen molar-refractivity contribution >= 4 is 80.5 Å². The number of halogens is 3. The van der Waals surface area contributed by atoms with Crippen LogP contribution < -0.4 is 9.80 Å². The number of hydrogen-bond acceptors (Lipinski definition) is 8. The largest absolute Gasteiger partial charge is 0.462 e. The molecule has 0 aliphatic carbocycles. The highest BCUT2D eigenvalue weighted by molar-refractivity contribution is 8.23. The molecule has 0 N–H and O–H groups in total. The van der Waals surface area contributed by atoms with Gasteiger partial charge >= 0.3 is 12.1 Å².